The van der Waals surface area contributed by atoms with Crippen LogP contribution in [-0.2, 0) is 5.60 Å². The average Bonchev–Trinajstić information content (AvgIpc) is 3.30. The molecule has 4 nitrogen and oxygen atoms in total. The van der Waals surface area contributed by atoms with E-state index >= 15 is 0 Å². The van der Waals surface area contributed by atoms with Gasteiger partial charge in [0.15, 0.2) is 0 Å². The molecule has 1 N–H and O–H groups in total. The number of benzene rings is 2. The Morgan fingerprint density at radius 3 is 2.16 bits per heavy atom. The quantitative estimate of drug-likeness (QED) is 0.810. The zero-order valence-electron chi connectivity index (χ0n) is 17.5. The Morgan fingerprint density at radius 1 is 0.935 bits per heavy atom. The van der Waals surface area contributed by atoms with Crippen LogP contribution in [0.1, 0.15) is 36.8 Å². The highest BCUT2D eigenvalue weighted by molar-refractivity contribution is 5.50. The fourth-order valence-corrected chi connectivity index (χ4v) is 6.06. The second-order valence-electron chi connectivity index (χ2n) is 9.39. The highest BCUT2D eigenvalue weighted by Crippen LogP contribution is 2.53. The van der Waals surface area contributed by atoms with Crippen LogP contribution in [0, 0.1) is 34.8 Å². The first-order chi connectivity index (χ1) is 14.9. The molecular formula is C25H27F2N3O. The number of hydrogen-bond acceptors (Lipinski definition) is 4. The first-order valence-electron chi connectivity index (χ1n) is 11.1. The van der Waals surface area contributed by atoms with Crippen LogP contribution in [0.2, 0.25) is 0 Å². The number of nitriles is 1. The highest BCUT2D eigenvalue weighted by atomic mass is 19.1. The van der Waals surface area contributed by atoms with Crippen LogP contribution in [0.4, 0.5) is 14.5 Å². The molecule has 0 amide bonds. The number of aliphatic hydroxyl groups is 1. The van der Waals surface area contributed by atoms with Crippen LogP contribution in [0.3, 0.4) is 0 Å². The molecule has 0 aromatic heterocycles. The van der Waals surface area contributed by atoms with E-state index in [1.165, 1.54) is 18.2 Å². The summed E-state index contributed by atoms with van der Waals surface area (Å²) < 4.78 is 27.2. The van der Waals surface area contributed by atoms with Gasteiger partial charge in [-0.2, -0.15) is 5.26 Å². The van der Waals surface area contributed by atoms with Gasteiger partial charge in [-0.05, 0) is 73.4 Å². The Balaban J connectivity index is 1.17. The number of nitrogens with zero attached hydrogens (tertiary/aromatic N) is 3. The van der Waals surface area contributed by atoms with Gasteiger partial charge in [-0.3, -0.25) is 4.90 Å². The monoisotopic (exact) mass is 423 g/mol. The summed E-state index contributed by atoms with van der Waals surface area (Å²) >= 11 is 0. The third kappa shape index (κ3) is 3.81. The van der Waals surface area contributed by atoms with Crippen molar-refractivity contribution in [3.05, 3.63) is 65.2 Å². The average molecular weight is 424 g/mol. The largest absolute Gasteiger partial charge is 0.385 e. The Kier molecular flexibility index (Phi) is 5.19. The van der Waals surface area contributed by atoms with E-state index < -0.39 is 11.4 Å². The van der Waals surface area contributed by atoms with E-state index in [1.54, 1.807) is 18.2 Å². The van der Waals surface area contributed by atoms with Crippen molar-refractivity contribution in [2.24, 2.45) is 11.8 Å². The molecule has 2 unspecified atom stereocenters. The minimum Gasteiger partial charge on any atom is -0.385 e. The normalized spacial score (nSPS) is 30.9. The van der Waals surface area contributed by atoms with Crippen molar-refractivity contribution in [3.63, 3.8) is 0 Å². The zero-order chi connectivity index (χ0) is 21.6. The smallest absolute Gasteiger partial charge is 0.143 e. The topological polar surface area (TPSA) is 50.5 Å². The van der Waals surface area contributed by atoms with Gasteiger partial charge in [0.2, 0.25) is 0 Å². The number of anilines is 1. The van der Waals surface area contributed by atoms with Crippen LogP contribution < -0.4 is 4.90 Å². The van der Waals surface area contributed by atoms with Gasteiger partial charge in [0.05, 0.1) is 11.2 Å². The Hall–Kier alpha value is -2.49. The van der Waals surface area contributed by atoms with Crippen molar-refractivity contribution in [1.29, 1.82) is 5.26 Å². The molecule has 31 heavy (non-hydrogen) atoms. The van der Waals surface area contributed by atoms with Gasteiger partial charge in [0.1, 0.15) is 17.7 Å². The Bertz CT molecular complexity index is 981. The van der Waals surface area contributed by atoms with Crippen molar-refractivity contribution in [2.75, 3.05) is 31.1 Å². The van der Waals surface area contributed by atoms with Crippen molar-refractivity contribution >= 4 is 5.69 Å². The van der Waals surface area contributed by atoms with Gasteiger partial charge in [-0.25, -0.2) is 8.78 Å². The summed E-state index contributed by atoms with van der Waals surface area (Å²) in [4.78, 5) is 4.73. The number of rotatable bonds is 3. The van der Waals surface area contributed by atoms with Gasteiger partial charge in [0, 0.05) is 37.9 Å². The van der Waals surface area contributed by atoms with Gasteiger partial charge in [0.25, 0.3) is 0 Å². The summed E-state index contributed by atoms with van der Waals surface area (Å²) in [6, 6.07) is 13.6. The molecule has 1 saturated heterocycles. The lowest BCUT2D eigenvalue weighted by atomic mass is 9.89. The molecule has 3 fully saturated rings. The molecule has 2 aliphatic carbocycles. The van der Waals surface area contributed by atoms with Gasteiger partial charge >= 0.3 is 0 Å². The van der Waals surface area contributed by atoms with E-state index in [1.807, 2.05) is 12.1 Å². The lowest BCUT2D eigenvalue weighted by Crippen LogP contribution is -2.50. The zero-order valence-corrected chi connectivity index (χ0v) is 17.5. The number of halogens is 2. The molecule has 2 saturated carbocycles. The molecule has 6 heteroatoms. The molecule has 1 heterocycles. The van der Waals surface area contributed by atoms with Crippen LogP contribution in [0.15, 0.2) is 42.5 Å². The molecule has 1 aliphatic heterocycles. The first-order valence-corrected chi connectivity index (χ1v) is 11.1. The van der Waals surface area contributed by atoms with Crippen molar-refractivity contribution in [1.82, 2.24) is 4.90 Å². The van der Waals surface area contributed by atoms with Crippen molar-refractivity contribution in [3.8, 4) is 6.07 Å². The molecule has 5 rings (SSSR count). The number of hydrogen-bond donors (Lipinski definition) is 1. The predicted octanol–water partition coefficient (Wildman–Crippen LogP) is 4.03. The van der Waals surface area contributed by atoms with Gasteiger partial charge in [-0.15, -0.1) is 0 Å². The van der Waals surface area contributed by atoms with Crippen LogP contribution in [0.25, 0.3) is 0 Å². The minimum absolute atomic E-state index is 0.0838. The maximum Gasteiger partial charge on any atom is 0.143 e. The fourth-order valence-electron chi connectivity index (χ4n) is 6.06. The molecule has 0 spiro atoms. The molecule has 2 atom stereocenters. The van der Waals surface area contributed by atoms with Crippen molar-refractivity contribution in [2.45, 2.75) is 37.3 Å². The number of fused-ring (bicyclic) bond motifs is 1. The van der Waals surface area contributed by atoms with Gasteiger partial charge in [-0.1, -0.05) is 12.1 Å². The summed E-state index contributed by atoms with van der Waals surface area (Å²) in [5.74, 6) is 0.282. The van der Waals surface area contributed by atoms with Crippen LogP contribution in [0.5, 0.6) is 0 Å². The maximum atomic E-state index is 14.0. The molecule has 2 aromatic rings. The molecule has 162 valence electrons. The van der Waals surface area contributed by atoms with Crippen LogP contribution in [-0.4, -0.2) is 42.2 Å². The number of piperazine rings is 1. The standard InChI is InChI=1S/C25H27F2N3O/c26-21-4-2-20(3-5-21)25(31)14-18-11-23(12-19(18)15-25)30-9-7-29(8-10-30)22-6-1-17(16-28)24(27)13-22/h1-6,13,18-19,23,31H,7-12,14-15H2. The second-order valence-corrected chi connectivity index (χ2v) is 9.39. The maximum absolute atomic E-state index is 14.0. The summed E-state index contributed by atoms with van der Waals surface area (Å²) in [7, 11) is 0. The van der Waals surface area contributed by atoms with Crippen molar-refractivity contribution < 1.29 is 13.9 Å². The minimum atomic E-state index is -0.827. The molecule has 2 aromatic carbocycles. The Morgan fingerprint density at radius 2 is 1.58 bits per heavy atom. The third-order valence-corrected chi connectivity index (χ3v) is 7.67. The second kappa shape index (κ2) is 7.89. The molecule has 0 bridgehead atoms. The fraction of sp³-hybridized carbons (Fsp3) is 0.480. The van der Waals surface area contributed by atoms with Gasteiger partial charge < -0.3 is 10.0 Å². The predicted molar refractivity (Wildman–Crippen MR) is 114 cm³/mol. The summed E-state index contributed by atoms with van der Waals surface area (Å²) in [6.07, 6.45) is 3.70. The van der Waals surface area contributed by atoms with E-state index in [9.17, 15) is 13.9 Å². The Labute approximate surface area is 181 Å². The molecule has 0 radical (unpaired) electrons. The lowest BCUT2D eigenvalue weighted by molar-refractivity contribution is 0.0309. The summed E-state index contributed by atoms with van der Waals surface area (Å²) in [5.41, 5.74) is 0.930. The lowest BCUT2D eigenvalue weighted by Gasteiger charge is -2.39. The van der Waals surface area contributed by atoms with E-state index in [-0.39, 0.29) is 11.4 Å². The van der Waals surface area contributed by atoms with E-state index in [2.05, 4.69) is 9.80 Å². The first kappa shape index (κ1) is 20.4. The highest BCUT2D eigenvalue weighted by Gasteiger charge is 2.50. The SMILES string of the molecule is N#Cc1ccc(N2CCN(C3CC4CC(O)(c5ccc(F)cc5)CC4C3)CC2)cc1F. The van der Waals surface area contributed by atoms with Crippen LogP contribution >= 0.6 is 0 Å². The summed E-state index contributed by atoms with van der Waals surface area (Å²) in [5, 5.41) is 20.1. The van der Waals surface area contributed by atoms with E-state index in [4.69, 9.17) is 5.26 Å². The summed E-state index contributed by atoms with van der Waals surface area (Å²) in [6.45, 7) is 3.56. The molecular weight excluding hydrogens is 396 g/mol. The van der Waals surface area contributed by atoms with E-state index in [0.29, 0.717) is 17.9 Å². The van der Waals surface area contributed by atoms with E-state index in [0.717, 1.165) is 63.1 Å². The third-order valence-electron chi connectivity index (χ3n) is 7.67. The molecule has 3 aliphatic rings.